The number of para-hydroxylation sites is 3. The van der Waals surface area contributed by atoms with Crippen molar-refractivity contribution in [3.05, 3.63) is 491 Å². The number of aromatic nitrogens is 1. The van der Waals surface area contributed by atoms with Crippen LogP contribution in [0.25, 0.3) is 255 Å². The van der Waals surface area contributed by atoms with Crippen LogP contribution in [0.4, 0.5) is 0 Å². The summed E-state index contributed by atoms with van der Waals surface area (Å²) in [6.07, 6.45) is 0. The van der Waals surface area contributed by atoms with Crippen LogP contribution in [0.1, 0.15) is 0 Å². The van der Waals surface area contributed by atoms with Crippen molar-refractivity contribution in [2.45, 2.75) is 0 Å². The number of nitrogens with zero attached hydrogens (tertiary/aromatic N) is 1. The molecule has 0 fully saturated rings. The lowest BCUT2D eigenvalue weighted by Gasteiger charge is -2.19. The molecule has 0 atom stereocenters. The minimum atomic E-state index is 1.23. The third-order valence-electron chi connectivity index (χ3n) is 26.9. The normalized spacial score (nSPS) is 11.7. The number of rotatable bonds is 11. The van der Waals surface area contributed by atoms with Crippen LogP contribution in [0, 0.1) is 0 Å². The molecule has 0 radical (unpaired) electrons. The Bertz CT molecular complexity index is 8980. The molecule has 0 spiro atoms. The van der Waals surface area contributed by atoms with Crippen molar-refractivity contribution < 1.29 is 0 Å². The Morgan fingerprint density at radius 3 is 0.878 bits per heavy atom. The first-order valence-electron chi connectivity index (χ1n) is 45.1. The molecule has 23 aromatic carbocycles. The molecule has 131 heavy (non-hydrogen) atoms. The first-order chi connectivity index (χ1) is 65.0. The molecule has 1 nitrogen and oxygen atoms in total. The summed E-state index contributed by atoms with van der Waals surface area (Å²) in [6, 6.07) is 180. The van der Waals surface area contributed by atoms with Crippen molar-refractivity contribution in [1.29, 1.82) is 0 Å². The van der Waals surface area contributed by atoms with Crippen molar-refractivity contribution in [2.24, 2.45) is 0 Å². The summed E-state index contributed by atoms with van der Waals surface area (Å²) < 4.78 is 2.52. The van der Waals surface area contributed by atoms with E-state index in [0.717, 1.165) is 0 Å². The molecule has 0 N–H and O–H groups in total. The summed E-state index contributed by atoms with van der Waals surface area (Å²) in [4.78, 5) is 5.15. The molecule has 0 bridgehead atoms. The Hall–Kier alpha value is -16.4. The van der Waals surface area contributed by atoms with E-state index in [1.54, 1.807) is 0 Å². The molecule has 27 rings (SSSR count). The zero-order valence-electron chi connectivity index (χ0n) is 71.5. The van der Waals surface area contributed by atoms with Gasteiger partial charge in [0.1, 0.15) is 0 Å². The number of benzene rings is 23. The van der Waals surface area contributed by atoms with Crippen LogP contribution in [0.15, 0.2) is 491 Å². The van der Waals surface area contributed by atoms with Gasteiger partial charge >= 0.3 is 0 Å². The van der Waals surface area contributed by atoms with Crippen molar-refractivity contribution in [3.63, 3.8) is 0 Å². The van der Waals surface area contributed by atoms with Gasteiger partial charge in [0.25, 0.3) is 0 Å². The Morgan fingerprint density at radius 1 is 0.130 bits per heavy atom. The minimum Gasteiger partial charge on any atom is -0.307 e. The molecule has 0 aliphatic rings. The van der Waals surface area contributed by atoms with E-state index < -0.39 is 0 Å². The quantitative estimate of drug-likeness (QED) is 0.114. The Labute approximate surface area is 767 Å². The smallest absolute Gasteiger partial charge is 0.0620 e. The van der Waals surface area contributed by atoms with E-state index in [1.165, 1.54) is 255 Å². The van der Waals surface area contributed by atoms with Gasteiger partial charge in [-0.2, -0.15) is 0 Å². The lowest BCUT2D eigenvalue weighted by atomic mass is 9.84. The van der Waals surface area contributed by atoms with E-state index in [4.69, 9.17) is 0 Å². The maximum atomic E-state index is 2.52. The Balaban J connectivity index is 0.000000106. The van der Waals surface area contributed by atoms with Crippen LogP contribution in [0.2, 0.25) is 0 Å². The minimum absolute atomic E-state index is 1.23. The van der Waals surface area contributed by atoms with E-state index >= 15 is 0 Å². The second-order valence-electron chi connectivity index (χ2n) is 34.2. The standard InChI is InChI=1S/C48H29N.2C40H26S/c1-2-14-33-30(12-1)13-9-20-34(33)31-26-28-32(29-27-31)45-36-16-3-5-18-38(36)46(39-19-6-4-17-37(39)45)43-24-11-23-42-41-22-10-21-40-35-15-7-8-25-44(35)49(47(40)41)48(42)43;1-2-13-28(14-3-1)37-24-25-38(41-37)29-16-10-17-30(26-29)39-33-19-6-8-21-35(33)40(36-22-9-7-20-34(36)39)32-23-11-15-27-12-4-5-18-31(27)32;1-2-12-28(13-3-1)37-23-24-38(41-37)30-15-10-16-31(26-30)39-33-17-6-8-19-35(33)40(36-20-9-7-18-34(36)39)32-22-21-27-11-4-5-14-29(27)25-32/h1-29H;2*1-26H. The van der Waals surface area contributed by atoms with Crippen LogP contribution in [0.3, 0.4) is 0 Å². The molecule has 0 amide bonds. The highest BCUT2D eigenvalue weighted by Gasteiger charge is 2.26. The SMILES string of the molecule is c1ccc(-c2ccc(-c3cccc(-c4c5ccccc5c(-c5ccc6ccccc6c5)c5ccccc45)c3)s2)cc1.c1ccc(-c2ccc(-c3cccc(-c4c5ccccc5c(-c5cccc6ccccc56)c5ccccc45)c3)s2)cc1.c1ccc2c(-c3ccc(-c4c5ccccc5c(-c5cccc6c7cccc8c9ccccc9n(c56)c87)c5ccccc45)cc3)cccc2c1. The summed E-state index contributed by atoms with van der Waals surface area (Å²) in [7, 11) is 0. The van der Waals surface area contributed by atoms with Crippen LogP contribution >= 0.6 is 22.7 Å². The van der Waals surface area contributed by atoms with E-state index in [1.807, 2.05) is 22.7 Å². The van der Waals surface area contributed by atoms with Gasteiger partial charge in [-0.05, 0) is 240 Å². The van der Waals surface area contributed by atoms with E-state index in [-0.39, 0.29) is 0 Å². The number of hydrogen-bond acceptors (Lipinski definition) is 2. The summed E-state index contributed by atoms with van der Waals surface area (Å²) in [5, 5.41) is 28.2. The second kappa shape index (κ2) is 32.5. The molecule has 0 aliphatic carbocycles. The summed E-state index contributed by atoms with van der Waals surface area (Å²) in [6.45, 7) is 0. The predicted molar refractivity (Wildman–Crippen MR) is 567 cm³/mol. The molecule has 0 saturated heterocycles. The lowest BCUT2D eigenvalue weighted by molar-refractivity contribution is 1.37. The van der Waals surface area contributed by atoms with Crippen LogP contribution in [0.5, 0.6) is 0 Å². The summed E-state index contributed by atoms with van der Waals surface area (Å²) in [5.41, 5.74) is 26.6. The van der Waals surface area contributed by atoms with Gasteiger partial charge in [-0.15, -0.1) is 22.7 Å². The fraction of sp³-hybridized carbons (Fsp3) is 0. The Kier molecular flexibility index (Phi) is 19.1. The van der Waals surface area contributed by atoms with Gasteiger partial charge in [-0.3, -0.25) is 0 Å². The topological polar surface area (TPSA) is 4.41 Å². The predicted octanol–water partition coefficient (Wildman–Crippen LogP) is 37.0. The average molecular weight is 1700 g/mol. The largest absolute Gasteiger partial charge is 0.307 e. The summed E-state index contributed by atoms with van der Waals surface area (Å²) >= 11 is 3.70. The zero-order chi connectivity index (χ0) is 86.4. The molecule has 0 unspecified atom stereocenters. The zero-order valence-corrected chi connectivity index (χ0v) is 73.2. The molecule has 0 aliphatic heterocycles. The van der Waals surface area contributed by atoms with E-state index in [2.05, 4.69) is 496 Å². The van der Waals surface area contributed by atoms with Gasteiger partial charge in [-0.1, -0.05) is 443 Å². The molecular formula is C128H81NS2. The van der Waals surface area contributed by atoms with Gasteiger partial charge in [-0.25, -0.2) is 0 Å². The maximum absolute atomic E-state index is 2.52. The van der Waals surface area contributed by atoms with Crippen molar-refractivity contribution in [3.8, 4) is 120 Å². The first-order valence-corrected chi connectivity index (χ1v) is 46.7. The average Bonchev–Trinajstić information content (AvgIpc) is 1.40. The highest BCUT2D eigenvalue weighted by atomic mass is 32.1. The molecule has 4 aromatic heterocycles. The van der Waals surface area contributed by atoms with Crippen molar-refractivity contribution >= 4 is 158 Å². The highest BCUT2D eigenvalue weighted by molar-refractivity contribution is 7.19. The van der Waals surface area contributed by atoms with Gasteiger partial charge < -0.3 is 4.40 Å². The number of hydrogen-bond donors (Lipinski definition) is 0. The Morgan fingerprint density at radius 2 is 0.405 bits per heavy atom. The monoisotopic (exact) mass is 1700 g/mol. The second-order valence-corrected chi connectivity index (χ2v) is 36.4. The maximum Gasteiger partial charge on any atom is 0.0620 e. The van der Waals surface area contributed by atoms with E-state index in [0.29, 0.717) is 0 Å². The molecular weight excluding hydrogens is 1620 g/mol. The fourth-order valence-corrected chi connectivity index (χ4v) is 23.1. The number of thiophene rings is 2. The third kappa shape index (κ3) is 13.3. The van der Waals surface area contributed by atoms with Gasteiger partial charge in [0, 0.05) is 46.6 Å². The van der Waals surface area contributed by atoms with Crippen LogP contribution in [-0.4, -0.2) is 4.40 Å². The van der Waals surface area contributed by atoms with Crippen molar-refractivity contribution in [2.75, 3.05) is 0 Å². The van der Waals surface area contributed by atoms with Crippen LogP contribution in [-0.2, 0) is 0 Å². The third-order valence-corrected chi connectivity index (χ3v) is 29.2. The van der Waals surface area contributed by atoms with Gasteiger partial charge in [0.05, 0.1) is 16.6 Å². The summed E-state index contributed by atoms with van der Waals surface area (Å²) in [5.74, 6) is 0. The number of fused-ring (bicyclic) bond motifs is 15. The molecule has 0 saturated carbocycles. The first kappa shape index (κ1) is 77.0. The van der Waals surface area contributed by atoms with Gasteiger partial charge in [0.15, 0.2) is 0 Å². The van der Waals surface area contributed by atoms with E-state index in [9.17, 15) is 0 Å². The van der Waals surface area contributed by atoms with Crippen LogP contribution < -0.4 is 0 Å². The van der Waals surface area contributed by atoms with Gasteiger partial charge in [0.2, 0.25) is 0 Å². The molecule has 4 heterocycles. The highest BCUT2D eigenvalue weighted by Crippen LogP contribution is 2.53. The molecule has 27 aromatic rings. The lowest BCUT2D eigenvalue weighted by Crippen LogP contribution is -1.93. The molecule has 3 heteroatoms. The van der Waals surface area contributed by atoms with Crippen molar-refractivity contribution in [1.82, 2.24) is 4.40 Å². The fourth-order valence-electron chi connectivity index (χ4n) is 21.1. The molecule has 610 valence electrons.